The van der Waals surface area contributed by atoms with Crippen LogP contribution in [0, 0.1) is 5.92 Å². The molecule has 0 aromatic heterocycles. The molecule has 1 aromatic carbocycles. The fourth-order valence-corrected chi connectivity index (χ4v) is 4.61. The summed E-state index contributed by atoms with van der Waals surface area (Å²) >= 11 is 0. The number of hydrogen-bond donors (Lipinski definition) is 2. The summed E-state index contributed by atoms with van der Waals surface area (Å²) in [6.45, 7) is 2.92. The van der Waals surface area contributed by atoms with E-state index in [0.717, 1.165) is 6.42 Å². The van der Waals surface area contributed by atoms with E-state index in [9.17, 15) is 18.0 Å². The Bertz CT molecular complexity index is 819. The largest absolute Gasteiger partial charge is 0.493 e. The smallest absolute Gasteiger partial charge is 0.243 e. The SMILES string of the molecule is CCCNC(=O)CNC(=O)C1CCN(S(=O)(=O)c2ccc(OC)c(OC)c2)CC1. The molecule has 0 radical (unpaired) electrons. The summed E-state index contributed by atoms with van der Waals surface area (Å²) in [5.41, 5.74) is 0. The summed E-state index contributed by atoms with van der Waals surface area (Å²) in [5.74, 6) is 0.0216. The molecule has 1 aliphatic rings. The molecule has 0 saturated carbocycles. The summed E-state index contributed by atoms with van der Waals surface area (Å²) in [6.07, 6.45) is 1.62. The second-order valence-electron chi connectivity index (χ2n) is 6.76. The van der Waals surface area contributed by atoms with E-state index in [4.69, 9.17) is 9.47 Å². The van der Waals surface area contributed by atoms with Gasteiger partial charge in [-0.1, -0.05) is 6.92 Å². The van der Waals surface area contributed by atoms with Crippen molar-refractivity contribution in [2.24, 2.45) is 5.92 Å². The highest BCUT2D eigenvalue weighted by Gasteiger charge is 2.32. The highest BCUT2D eigenvalue weighted by Crippen LogP contribution is 2.31. The fourth-order valence-electron chi connectivity index (χ4n) is 3.12. The molecular weight excluding hydrogens is 398 g/mol. The summed E-state index contributed by atoms with van der Waals surface area (Å²) in [4.78, 5) is 24.0. The Morgan fingerprint density at radius 3 is 2.34 bits per heavy atom. The average molecular weight is 428 g/mol. The molecule has 0 atom stereocenters. The molecule has 2 N–H and O–H groups in total. The number of nitrogens with zero attached hydrogens (tertiary/aromatic N) is 1. The minimum absolute atomic E-state index is 0.0665. The van der Waals surface area contributed by atoms with Crippen molar-refractivity contribution in [2.45, 2.75) is 31.1 Å². The van der Waals surface area contributed by atoms with E-state index in [2.05, 4.69) is 10.6 Å². The second-order valence-corrected chi connectivity index (χ2v) is 8.70. The van der Waals surface area contributed by atoms with E-state index in [1.807, 2.05) is 6.92 Å². The first kappa shape index (κ1) is 23.0. The van der Waals surface area contributed by atoms with E-state index in [1.165, 1.54) is 30.7 Å². The lowest BCUT2D eigenvalue weighted by Crippen LogP contribution is -2.45. The number of benzene rings is 1. The van der Waals surface area contributed by atoms with Gasteiger partial charge in [0.25, 0.3) is 0 Å². The fraction of sp³-hybridized carbons (Fsp3) is 0.579. The first-order chi connectivity index (χ1) is 13.8. The first-order valence-corrected chi connectivity index (χ1v) is 11.0. The van der Waals surface area contributed by atoms with Crippen molar-refractivity contribution in [1.82, 2.24) is 14.9 Å². The molecule has 0 aliphatic carbocycles. The molecule has 2 amide bonds. The van der Waals surface area contributed by atoms with Gasteiger partial charge in [0.05, 0.1) is 25.7 Å². The van der Waals surface area contributed by atoms with Crippen LogP contribution in [0.1, 0.15) is 26.2 Å². The number of carbonyl (C=O) groups is 2. The number of methoxy groups -OCH3 is 2. The quantitative estimate of drug-likeness (QED) is 0.601. The second kappa shape index (κ2) is 10.4. The van der Waals surface area contributed by atoms with E-state index in [1.54, 1.807) is 6.07 Å². The summed E-state index contributed by atoms with van der Waals surface area (Å²) in [6, 6.07) is 4.46. The summed E-state index contributed by atoms with van der Waals surface area (Å²) in [5, 5.41) is 5.32. The molecule has 2 rings (SSSR count). The third kappa shape index (κ3) is 5.83. The third-order valence-corrected chi connectivity index (χ3v) is 6.71. The minimum Gasteiger partial charge on any atom is -0.493 e. The van der Waals surface area contributed by atoms with Gasteiger partial charge in [-0.15, -0.1) is 0 Å². The van der Waals surface area contributed by atoms with Crippen LogP contribution in [0.2, 0.25) is 0 Å². The Morgan fingerprint density at radius 1 is 1.10 bits per heavy atom. The Morgan fingerprint density at radius 2 is 1.76 bits per heavy atom. The number of sulfonamides is 1. The highest BCUT2D eigenvalue weighted by atomic mass is 32.2. The molecule has 1 aromatic rings. The van der Waals surface area contributed by atoms with Crippen molar-refractivity contribution in [3.8, 4) is 11.5 Å². The highest BCUT2D eigenvalue weighted by molar-refractivity contribution is 7.89. The van der Waals surface area contributed by atoms with Crippen molar-refractivity contribution >= 4 is 21.8 Å². The van der Waals surface area contributed by atoms with Gasteiger partial charge in [0.2, 0.25) is 21.8 Å². The van der Waals surface area contributed by atoms with Gasteiger partial charge in [0.15, 0.2) is 11.5 Å². The maximum absolute atomic E-state index is 12.9. The molecule has 1 heterocycles. The van der Waals surface area contributed by atoms with Crippen molar-refractivity contribution in [3.63, 3.8) is 0 Å². The molecule has 9 nitrogen and oxygen atoms in total. The van der Waals surface area contributed by atoms with Crippen LogP contribution in [0.15, 0.2) is 23.1 Å². The van der Waals surface area contributed by atoms with Crippen LogP contribution in [0.3, 0.4) is 0 Å². The molecule has 0 unspecified atom stereocenters. The number of rotatable bonds is 9. The standard InChI is InChI=1S/C19H29N3O6S/c1-4-9-20-18(23)13-21-19(24)14-7-10-22(11-8-14)29(25,26)15-5-6-16(27-2)17(12-15)28-3/h5-6,12,14H,4,7-11,13H2,1-3H3,(H,20,23)(H,21,24). The van der Waals surface area contributed by atoms with Gasteiger partial charge in [-0.25, -0.2) is 8.42 Å². The molecule has 0 spiro atoms. The van der Waals surface area contributed by atoms with Crippen LogP contribution >= 0.6 is 0 Å². The zero-order valence-corrected chi connectivity index (χ0v) is 17.9. The van der Waals surface area contributed by atoms with Gasteiger partial charge in [0.1, 0.15) is 0 Å². The Hall–Kier alpha value is -2.33. The van der Waals surface area contributed by atoms with Gasteiger partial charge < -0.3 is 20.1 Å². The van der Waals surface area contributed by atoms with Gasteiger partial charge >= 0.3 is 0 Å². The molecule has 1 fully saturated rings. The number of amides is 2. The molecule has 0 bridgehead atoms. The normalized spacial score (nSPS) is 15.6. The number of nitrogens with one attached hydrogen (secondary N) is 2. The predicted octanol–water partition coefficient (Wildman–Crippen LogP) is 0.747. The maximum Gasteiger partial charge on any atom is 0.243 e. The lowest BCUT2D eigenvalue weighted by atomic mass is 9.97. The Kier molecular flexibility index (Phi) is 8.27. The number of ether oxygens (including phenoxy) is 2. The van der Waals surface area contributed by atoms with Crippen molar-refractivity contribution < 1.29 is 27.5 Å². The number of carbonyl (C=O) groups excluding carboxylic acids is 2. The van der Waals surface area contributed by atoms with Gasteiger partial charge in [-0.05, 0) is 31.4 Å². The number of hydrogen-bond acceptors (Lipinski definition) is 6. The molecule has 1 saturated heterocycles. The summed E-state index contributed by atoms with van der Waals surface area (Å²) < 4.78 is 37.5. The van der Waals surface area contributed by atoms with Crippen molar-refractivity contribution in [3.05, 3.63) is 18.2 Å². The monoisotopic (exact) mass is 427 g/mol. The first-order valence-electron chi connectivity index (χ1n) is 9.60. The van der Waals surface area contributed by atoms with Crippen LogP contribution in [0.4, 0.5) is 0 Å². The number of piperidine rings is 1. The third-order valence-electron chi connectivity index (χ3n) is 4.81. The topological polar surface area (TPSA) is 114 Å². The average Bonchev–Trinajstić information content (AvgIpc) is 2.75. The van der Waals surface area contributed by atoms with Gasteiger partial charge in [0, 0.05) is 31.6 Å². The van der Waals surface area contributed by atoms with Crippen LogP contribution in [0.25, 0.3) is 0 Å². The molecular formula is C19H29N3O6S. The van der Waals surface area contributed by atoms with Gasteiger partial charge in [-0.2, -0.15) is 4.31 Å². The van der Waals surface area contributed by atoms with Crippen molar-refractivity contribution in [2.75, 3.05) is 40.4 Å². The molecule has 29 heavy (non-hydrogen) atoms. The lowest BCUT2D eigenvalue weighted by molar-refractivity contribution is -0.129. The van der Waals surface area contributed by atoms with Crippen LogP contribution in [-0.2, 0) is 19.6 Å². The van der Waals surface area contributed by atoms with E-state index in [0.29, 0.717) is 30.9 Å². The maximum atomic E-state index is 12.9. The zero-order valence-electron chi connectivity index (χ0n) is 17.1. The minimum atomic E-state index is -3.70. The Balaban J connectivity index is 1.94. The lowest BCUT2D eigenvalue weighted by Gasteiger charge is -2.30. The van der Waals surface area contributed by atoms with Crippen molar-refractivity contribution in [1.29, 1.82) is 0 Å². The summed E-state index contributed by atoms with van der Waals surface area (Å²) in [7, 11) is -0.776. The van der Waals surface area contributed by atoms with Gasteiger partial charge in [-0.3, -0.25) is 9.59 Å². The zero-order chi connectivity index (χ0) is 21.4. The molecule has 10 heteroatoms. The van der Waals surface area contributed by atoms with E-state index < -0.39 is 10.0 Å². The van der Waals surface area contributed by atoms with E-state index >= 15 is 0 Å². The molecule has 162 valence electrons. The predicted molar refractivity (Wildman–Crippen MR) is 107 cm³/mol. The molecule has 1 aliphatic heterocycles. The van der Waals surface area contributed by atoms with Crippen LogP contribution < -0.4 is 20.1 Å². The Labute approximate surface area is 171 Å². The van der Waals surface area contributed by atoms with Crippen LogP contribution in [0.5, 0.6) is 11.5 Å². The van der Waals surface area contributed by atoms with Crippen LogP contribution in [-0.4, -0.2) is 64.9 Å². The van der Waals surface area contributed by atoms with E-state index in [-0.39, 0.29) is 42.3 Å².